The quantitative estimate of drug-likeness (QED) is 0.850. The standard InChI is InChI=1S/C14H19ClN4O2/c1-4-6-10-12(15)16-14(21)19(13(10)20)8-9-7-18(3)17-11(9)5-2/h7H,4-6,8H2,1-3H3,(H,16,21). The van der Waals surface area contributed by atoms with Crippen molar-refractivity contribution in [1.82, 2.24) is 19.3 Å². The third-order valence-electron chi connectivity index (χ3n) is 3.39. The van der Waals surface area contributed by atoms with E-state index in [0.717, 1.165) is 24.1 Å². The zero-order valence-electron chi connectivity index (χ0n) is 12.4. The van der Waals surface area contributed by atoms with Crippen LogP contribution in [-0.2, 0) is 26.4 Å². The van der Waals surface area contributed by atoms with Gasteiger partial charge in [-0.2, -0.15) is 5.10 Å². The molecule has 2 heterocycles. The monoisotopic (exact) mass is 310 g/mol. The van der Waals surface area contributed by atoms with E-state index in [1.54, 1.807) is 4.68 Å². The Morgan fingerprint density at radius 1 is 1.33 bits per heavy atom. The SMILES string of the molecule is CCCc1c(Cl)[nH]c(=O)n(Cc2cn(C)nc2CC)c1=O. The molecule has 2 aromatic heterocycles. The van der Waals surface area contributed by atoms with Crippen molar-refractivity contribution in [1.29, 1.82) is 0 Å². The summed E-state index contributed by atoms with van der Waals surface area (Å²) in [5.74, 6) is 0. The zero-order valence-corrected chi connectivity index (χ0v) is 13.2. The van der Waals surface area contributed by atoms with Gasteiger partial charge in [-0.25, -0.2) is 4.79 Å². The van der Waals surface area contributed by atoms with Gasteiger partial charge in [0.05, 0.1) is 17.8 Å². The predicted octanol–water partition coefficient (Wildman–Crippen LogP) is 1.49. The minimum absolute atomic E-state index is 0.144. The first-order chi connectivity index (χ1) is 9.97. The topological polar surface area (TPSA) is 72.7 Å². The first kappa shape index (κ1) is 15.6. The number of nitrogens with zero attached hydrogens (tertiary/aromatic N) is 3. The molecule has 0 saturated carbocycles. The molecule has 0 saturated heterocycles. The smallest absolute Gasteiger partial charge is 0.297 e. The van der Waals surface area contributed by atoms with Crippen LogP contribution in [0.1, 0.15) is 37.1 Å². The van der Waals surface area contributed by atoms with Crippen LogP contribution >= 0.6 is 11.6 Å². The van der Waals surface area contributed by atoms with Crippen molar-refractivity contribution < 1.29 is 0 Å². The highest BCUT2D eigenvalue weighted by molar-refractivity contribution is 6.30. The summed E-state index contributed by atoms with van der Waals surface area (Å²) < 4.78 is 2.88. The van der Waals surface area contributed by atoms with Crippen LogP contribution in [-0.4, -0.2) is 19.3 Å². The van der Waals surface area contributed by atoms with Crippen LogP contribution in [0.2, 0.25) is 5.15 Å². The van der Waals surface area contributed by atoms with Gasteiger partial charge in [0.25, 0.3) is 5.56 Å². The number of aryl methyl sites for hydroxylation is 2. The predicted molar refractivity (Wildman–Crippen MR) is 82.0 cm³/mol. The first-order valence-electron chi connectivity index (χ1n) is 7.00. The zero-order chi connectivity index (χ0) is 15.6. The molecule has 0 bridgehead atoms. The highest BCUT2D eigenvalue weighted by atomic mass is 35.5. The van der Waals surface area contributed by atoms with Crippen molar-refractivity contribution in [3.05, 3.63) is 49.0 Å². The second kappa shape index (κ2) is 6.30. The van der Waals surface area contributed by atoms with E-state index in [-0.39, 0.29) is 17.3 Å². The number of hydrogen-bond donors (Lipinski definition) is 1. The summed E-state index contributed by atoms with van der Waals surface area (Å²) in [5.41, 5.74) is 1.40. The molecule has 114 valence electrons. The van der Waals surface area contributed by atoms with Crippen molar-refractivity contribution in [2.75, 3.05) is 0 Å². The fraction of sp³-hybridized carbons (Fsp3) is 0.500. The Kier molecular flexibility index (Phi) is 4.67. The summed E-state index contributed by atoms with van der Waals surface area (Å²) >= 11 is 5.97. The van der Waals surface area contributed by atoms with Gasteiger partial charge in [0.15, 0.2) is 0 Å². The Bertz CT molecular complexity index is 757. The van der Waals surface area contributed by atoms with Crippen LogP contribution in [0.25, 0.3) is 0 Å². The summed E-state index contributed by atoms with van der Waals surface area (Å²) in [6, 6.07) is 0. The van der Waals surface area contributed by atoms with Crippen molar-refractivity contribution in [3.63, 3.8) is 0 Å². The molecule has 0 fully saturated rings. The Labute approximate surface area is 127 Å². The van der Waals surface area contributed by atoms with Gasteiger partial charge in [-0.05, 0) is 12.8 Å². The number of aromatic nitrogens is 4. The van der Waals surface area contributed by atoms with Gasteiger partial charge in [-0.3, -0.25) is 19.0 Å². The maximum atomic E-state index is 12.4. The van der Waals surface area contributed by atoms with E-state index in [4.69, 9.17) is 11.6 Å². The second-order valence-corrected chi connectivity index (χ2v) is 5.37. The van der Waals surface area contributed by atoms with E-state index in [9.17, 15) is 9.59 Å². The van der Waals surface area contributed by atoms with Crippen molar-refractivity contribution in [2.24, 2.45) is 7.05 Å². The second-order valence-electron chi connectivity index (χ2n) is 4.99. The first-order valence-corrected chi connectivity index (χ1v) is 7.38. The molecule has 0 unspecified atom stereocenters. The Hall–Kier alpha value is -1.82. The molecule has 0 aliphatic heterocycles. The van der Waals surface area contributed by atoms with Gasteiger partial charge in [0.1, 0.15) is 5.15 Å². The minimum Gasteiger partial charge on any atom is -0.297 e. The lowest BCUT2D eigenvalue weighted by atomic mass is 10.2. The summed E-state index contributed by atoms with van der Waals surface area (Å²) in [4.78, 5) is 27.0. The number of halogens is 1. The Morgan fingerprint density at radius 2 is 2.05 bits per heavy atom. The van der Waals surface area contributed by atoms with Gasteiger partial charge in [0.2, 0.25) is 0 Å². The molecule has 7 heteroatoms. The maximum absolute atomic E-state index is 12.4. The normalized spacial score (nSPS) is 11.0. The van der Waals surface area contributed by atoms with Gasteiger partial charge in [-0.1, -0.05) is 31.9 Å². The molecular weight excluding hydrogens is 292 g/mol. The molecule has 0 aliphatic rings. The molecule has 21 heavy (non-hydrogen) atoms. The van der Waals surface area contributed by atoms with Crippen LogP contribution in [0, 0.1) is 0 Å². The molecule has 0 aliphatic carbocycles. The lowest BCUT2D eigenvalue weighted by Crippen LogP contribution is -2.37. The fourth-order valence-electron chi connectivity index (χ4n) is 2.38. The molecule has 0 amide bonds. The average Bonchev–Trinajstić information content (AvgIpc) is 2.79. The Balaban J connectivity index is 2.51. The molecular formula is C14H19ClN4O2. The summed E-state index contributed by atoms with van der Waals surface area (Å²) in [7, 11) is 1.82. The molecule has 0 radical (unpaired) electrons. The molecule has 0 atom stereocenters. The highest BCUT2D eigenvalue weighted by Gasteiger charge is 2.14. The van der Waals surface area contributed by atoms with Crippen molar-refractivity contribution in [2.45, 2.75) is 39.7 Å². The summed E-state index contributed by atoms with van der Waals surface area (Å²) in [6.07, 6.45) is 3.91. The van der Waals surface area contributed by atoms with Crippen LogP contribution < -0.4 is 11.2 Å². The van der Waals surface area contributed by atoms with Gasteiger partial charge in [0, 0.05) is 18.8 Å². The fourth-order valence-corrected chi connectivity index (χ4v) is 2.64. The van der Waals surface area contributed by atoms with Gasteiger partial charge < -0.3 is 0 Å². The van der Waals surface area contributed by atoms with E-state index < -0.39 is 5.69 Å². The number of nitrogens with one attached hydrogen (secondary N) is 1. The molecule has 6 nitrogen and oxygen atoms in total. The van der Waals surface area contributed by atoms with Crippen molar-refractivity contribution >= 4 is 11.6 Å². The Morgan fingerprint density at radius 3 is 2.67 bits per heavy atom. The third-order valence-corrected chi connectivity index (χ3v) is 3.71. The number of hydrogen-bond acceptors (Lipinski definition) is 3. The minimum atomic E-state index is -0.490. The number of H-pyrrole nitrogens is 1. The van der Waals surface area contributed by atoms with E-state index in [1.807, 2.05) is 27.1 Å². The highest BCUT2D eigenvalue weighted by Crippen LogP contribution is 2.10. The van der Waals surface area contributed by atoms with Gasteiger partial charge in [-0.15, -0.1) is 0 Å². The third kappa shape index (κ3) is 3.10. The largest absolute Gasteiger partial charge is 0.329 e. The average molecular weight is 311 g/mol. The van der Waals surface area contributed by atoms with Crippen LogP contribution in [0.3, 0.4) is 0 Å². The van der Waals surface area contributed by atoms with Gasteiger partial charge >= 0.3 is 5.69 Å². The van der Waals surface area contributed by atoms with Crippen LogP contribution in [0.15, 0.2) is 15.8 Å². The molecule has 1 N–H and O–H groups in total. The van der Waals surface area contributed by atoms with Crippen LogP contribution in [0.5, 0.6) is 0 Å². The van der Waals surface area contributed by atoms with E-state index in [1.165, 1.54) is 4.57 Å². The summed E-state index contributed by atoms with van der Waals surface area (Å²) in [6.45, 7) is 4.16. The number of rotatable bonds is 5. The molecule has 0 aromatic carbocycles. The molecule has 2 rings (SSSR count). The van der Waals surface area contributed by atoms with E-state index in [2.05, 4.69) is 10.1 Å². The number of aromatic amines is 1. The van der Waals surface area contributed by atoms with E-state index >= 15 is 0 Å². The van der Waals surface area contributed by atoms with Crippen molar-refractivity contribution in [3.8, 4) is 0 Å². The molecule has 2 aromatic rings. The van der Waals surface area contributed by atoms with E-state index in [0.29, 0.717) is 12.0 Å². The van der Waals surface area contributed by atoms with Crippen LogP contribution in [0.4, 0.5) is 0 Å². The summed E-state index contributed by atoms with van der Waals surface area (Å²) in [5, 5.41) is 4.47. The maximum Gasteiger partial charge on any atom is 0.329 e. The lowest BCUT2D eigenvalue weighted by molar-refractivity contribution is 0.676. The molecule has 0 spiro atoms. The lowest BCUT2D eigenvalue weighted by Gasteiger charge is -2.08.